The number of benzene rings is 3. The van der Waals surface area contributed by atoms with Gasteiger partial charge in [-0.1, -0.05) is 103 Å². The van der Waals surface area contributed by atoms with E-state index in [1.807, 2.05) is 110 Å². The Bertz CT molecular complexity index is 1120. The monoisotopic (exact) mass is 515 g/mol. The van der Waals surface area contributed by atoms with Crippen LogP contribution in [0.3, 0.4) is 0 Å². The van der Waals surface area contributed by atoms with Crippen LogP contribution in [0.25, 0.3) is 0 Å². The van der Waals surface area contributed by atoms with Gasteiger partial charge >= 0.3 is 0 Å². The molecule has 0 spiro atoms. The highest BCUT2D eigenvalue weighted by Gasteiger charge is 2.47. The Balaban J connectivity index is 1.59. The quantitative estimate of drug-likeness (QED) is 0.335. The lowest BCUT2D eigenvalue weighted by Crippen LogP contribution is -2.65. The zero-order valence-corrected chi connectivity index (χ0v) is 22.1. The number of carbonyl (C=O) groups excluding carboxylic acids is 1. The van der Waals surface area contributed by atoms with Crippen LogP contribution >= 0.6 is 0 Å². The fourth-order valence-electron chi connectivity index (χ4n) is 4.66. The van der Waals surface area contributed by atoms with Crippen molar-refractivity contribution in [1.29, 1.82) is 0 Å². The highest BCUT2D eigenvalue weighted by molar-refractivity contribution is 5.73. The van der Waals surface area contributed by atoms with Crippen molar-refractivity contribution in [2.45, 2.75) is 64.1 Å². The lowest BCUT2D eigenvalue weighted by atomic mass is 9.91. The largest absolute Gasteiger partial charge is 0.374 e. The summed E-state index contributed by atoms with van der Waals surface area (Å²) in [5.74, 6) is -0.151. The minimum atomic E-state index is -0.479. The van der Waals surface area contributed by atoms with E-state index in [9.17, 15) is 4.79 Å². The van der Waals surface area contributed by atoms with E-state index in [0.717, 1.165) is 16.7 Å². The third kappa shape index (κ3) is 8.10. The van der Waals surface area contributed by atoms with Crippen LogP contribution in [0.4, 0.5) is 0 Å². The van der Waals surface area contributed by atoms with E-state index in [0.29, 0.717) is 26.4 Å². The first kappa shape index (κ1) is 27.7. The summed E-state index contributed by atoms with van der Waals surface area (Å²) in [4.78, 5) is 12.3. The van der Waals surface area contributed by atoms with Gasteiger partial charge in [0, 0.05) is 6.92 Å². The summed E-state index contributed by atoms with van der Waals surface area (Å²) < 4.78 is 25.7. The Kier molecular flexibility index (Phi) is 10.7. The molecule has 1 aliphatic rings. The SMILES string of the molecule is C/C=C/[C@H]1O[C@H](COCc2ccccc2)[C@@H](OCc2ccccc2)[C@H](OCc2ccccc2)[C@H]1NC(C)=O. The second kappa shape index (κ2) is 14.6. The molecular weight excluding hydrogens is 478 g/mol. The van der Waals surface area contributed by atoms with Crippen LogP contribution in [-0.4, -0.2) is 43.0 Å². The van der Waals surface area contributed by atoms with E-state index in [1.165, 1.54) is 6.92 Å². The Labute approximate surface area is 225 Å². The first-order valence-corrected chi connectivity index (χ1v) is 13.1. The topological polar surface area (TPSA) is 66.0 Å². The number of amides is 1. The van der Waals surface area contributed by atoms with Gasteiger partial charge in [0.15, 0.2) is 0 Å². The number of rotatable bonds is 12. The van der Waals surface area contributed by atoms with Crippen molar-refractivity contribution >= 4 is 5.91 Å². The predicted molar refractivity (Wildman–Crippen MR) is 147 cm³/mol. The van der Waals surface area contributed by atoms with Crippen molar-refractivity contribution < 1.29 is 23.7 Å². The Morgan fingerprint density at radius 2 is 1.29 bits per heavy atom. The minimum Gasteiger partial charge on any atom is -0.374 e. The van der Waals surface area contributed by atoms with Crippen LogP contribution < -0.4 is 5.32 Å². The van der Waals surface area contributed by atoms with Gasteiger partial charge in [0.1, 0.15) is 18.3 Å². The van der Waals surface area contributed by atoms with Crippen LogP contribution in [-0.2, 0) is 43.6 Å². The number of carbonyl (C=O) groups is 1. The molecule has 4 rings (SSSR count). The van der Waals surface area contributed by atoms with Gasteiger partial charge in [-0.2, -0.15) is 0 Å². The summed E-state index contributed by atoms with van der Waals surface area (Å²) in [6.07, 6.45) is 2.13. The molecule has 5 atom stereocenters. The maximum atomic E-state index is 12.3. The van der Waals surface area contributed by atoms with Gasteiger partial charge in [-0.05, 0) is 23.6 Å². The lowest BCUT2D eigenvalue weighted by molar-refractivity contribution is -0.223. The summed E-state index contributed by atoms with van der Waals surface area (Å²) in [5.41, 5.74) is 3.18. The highest BCUT2D eigenvalue weighted by atomic mass is 16.6. The standard InChI is InChI=1S/C32H37NO5/c1-3-13-28-30(33-24(2)34)32(37-22-27-18-11-6-12-19-27)31(36-21-26-16-9-5-10-17-26)29(38-28)23-35-20-25-14-7-4-8-15-25/h3-19,28-32H,20-23H2,1-2H3,(H,33,34)/b13-3+/t28-,29-,30+,31-,32-/m1/s1. The van der Waals surface area contributed by atoms with Gasteiger partial charge in [-0.25, -0.2) is 0 Å². The molecule has 1 N–H and O–H groups in total. The second-order valence-corrected chi connectivity index (χ2v) is 9.41. The predicted octanol–water partition coefficient (Wildman–Crippen LogP) is 5.22. The summed E-state index contributed by atoms with van der Waals surface area (Å²) in [6.45, 7) is 5.00. The molecule has 0 saturated carbocycles. The van der Waals surface area contributed by atoms with Gasteiger partial charge in [0.05, 0.1) is 38.6 Å². The van der Waals surface area contributed by atoms with E-state index < -0.39 is 30.5 Å². The maximum absolute atomic E-state index is 12.3. The number of allylic oxidation sites excluding steroid dienone is 1. The number of nitrogens with one attached hydrogen (secondary N) is 1. The molecule has 1 heterocycles. The van der Waals surface area contributed by atoms with Crippen LogP contribution in [0.5, 0.6) is 0 Å². The molecule has 0 unspecified atom stereocenters. The zero-order chi connectivity index (χ0) is 26.6. The lowest BCUT2D eigenvalue weighted by Gasteiger charge is -2.46. The van der Waals surface area contributed by atoms with E-state index >= 15 is 0 Å². The van der Waals surface area contributed by atoms with Crippen LogP contribution in [0.1, 0.15) is 30.5 Å². The van der Waals surface area contributed by atoms with E-state index in [4.69, 9.17) is 18.9 Å². The average molecular weight is 516 g/mol. The second-order valence-electron chi connectivity index (χ2n) is 9.41. The Morgan fingerprint density at radius 1 is 0.789 bits per heavy atom. The molecule has 0 aromatic heterocycles. The van der Waals surface area contributed by atoms with Crippen molar-refractivity contribution in [3.63, 3.8) is 0 Å². The molecule has 1 fully saturated rings. The molecule has 6 nitrogen and oxygen atoms in total. The normalized spacial score (nSPS) is 23.4. The average Bonchev–Trinajstić information content (AvgIpc) is 2.94. The fraction of sp³-hybridized carbons (Fsp3) is 0.344. The zero-order valence-electron chi connectivity index (χ0n) is 22.1. The van der Waals surface area contributed by atoms with Crippen LogP contribution in [0.2, 0.25) is 0 Å². The van der Waals surface area contributed by atoms with Crippen molar-refractivity contribution in [3.8, 4) is 0 Å². The molecule has 0 bridgehead atoms. The number of ether oxygens (including phenoxy) is 4. The minimum absolute atomic E-state index is 0.151. The molecule has 3 aromatic rings. The van der Waals surface area contributed by atoms with Crippen LogP contribution in [0.15, 0.2) is 103 Å². The molecule has 0 aliphatic carbocycles. The maximum Gasteiger partial charge on any atom is 0.217 e. The summed E-state index contributed by atoms with van der Waals surface area (Å²) >= 11 is 0. The van der Waals surface area contributed by atoms with Gasteiger partial charge in [-0.15, -0.1) is 0 Å². The molecular formula is C32H37NO5. The van der Waals surface area contributed by atoms with Gasteiger partial charge < -0.3 is 24.3 Å². The smallest absolute Gasteiger partial charge is 0.217 e. The van der Waals surface area contributed by atoms with Gasteiger partial charge in [-0.3, -0.25) is 4.79 Å². The van der Waals surface area contributed by atoms with Crippen molar-refractivity contribution in [1.82, 2.24) is 5.32 Å². The molecule has 1 saturated heterocycles. The molecule has 38 heavy (non-hydrogen) atoms. The van der Waals surface area contributed by atoms with E-state index in [2.05, 4.69) is 5.32 Å². The molecule has 0 radical (unpaired) electrons. The first-order valence-electron chi connectivity index (χ1n) is 13.1. The van der Waals surface area contributed by atoms with E-state index in [-0.39, 0.29) is 5.91 Å². The number of hydrogen-bond acceptors (Lipinski definition) is 5. The Hall–Kier alpha value is -3.29. The fourth-order valence-corrected chi connectivity index (χ4v) is 4.66. The van der Waals surface area contributed by atoms with Crippen molar-refractivity contribution in [2.24, 2.45) is 0 Å². The van der Waals surface area contributed by atoms with E-state index in [1.54, 1.807) is 0 Å². The summed E-state index contributed by atoms with van der Waals surface area (Å²) in [6, 6.07) is 29.6. The van der Waals surface area contributed by atoms with Crippen molar-refractivity contribution in [2.75, 3.05) is 6.61 Å². The van der Waals surface area contributed by atoms with Gasteiger partial charge in [0.2, 0.25) is 5.91 Å². The first-order chi connectivity index (χ1) is 18.6. The van der Waals surface area contributed by atoms with Crippen LogP contribution in [0, 0.1) is 0 Å². The third-order valence-electron chi connectivity index (χ3n) is 6.45. The molecule has 3 aromatic carbocycles. The highest BCUT2D eigenvalue weighted by Crippen LogP contribution is 2.29. The number of hydrogen-bond donors (Lipinski definition) is 1. The molecule has 6 heteroatoms. The molecule has 1 aliphatic heterocycles. The molecule has 200 valence electrons. The Morgan fingerprint density at radius 3 is 1.79 bits per heavy atom. The third-order valence-corrected chi connectivity index (χ3v) is 6.45. The van der Waals surface area contributed by atoms with Crippen molar-refractivity contribution in [3.05, 3.63) is 120 Å². The molecule has 1 amide bonds. The van der Waals surface area contributed by atoms with Gasteiger partial charge in [0.25, 0.3) is 0 Å². The summed E-state index contributed by atoms with van der Waals surface area (Å²) in [7, 11) is 0. The summed E-state index contributed by atoms with van der Waals surface area (Å²) in [5, 5.41) is 3.07.